The van der Waals surface area contributed by atoms with Gasteiger partial charge in [-0.25, -0.2) is 4.79 Å². The summed E-state index contributed by atoms with van der Waals surface area (Å²) in [6.07, 6.45) is 1.20. The van der Waals surface area contributed by atoms with E-state index in [0.29, 0.717) is 19.7 Å². The van der Waals surface area contributed by atoms with E-state index in [9.17, 15) is 4.79 Å². The molecule has 5 heteroatoms. The van der Waals surface area contributed by atoms with Gasteiger partial charge in [-0.05, 0) is 53.8 Å². The highest BCUT2D eigenvalue weighted by Gasteiger charge is 1.96. The molecule has 1 aromatic rings. The lowest BCUT2D eigenvalue weighted by atomic mass is 10.3. The van der Waals surface area contributed by atoms with Crippen molar-refractivity contribution < 1.29 is 14.6 Å². The summed E-state index contributed by atoms with van der Waals surface area (Å²) in [5, 5.41) is 11.6. The maximum Gasteiger partial charge on any atom is 0.328 e. The molecule has 2 N–H and O–H groups in total. The van der Waals surface area contributed by atoms with Crippen LogP contribution >= 0.6 is 22.6 Å². The fourth-order valence-electron chi connectivity index (χ4n) is 1.32. The van der Waals surface area contributed by atoms with Crippen LogP contribution in [0.15, 0.2) is 35.9 Å². The molecule has 0 spiro atoms. The van der Waals surface area contributed by atoms with E-state index in [-0.39, 0.29) is 0 Å². The Morgan fingerprint density at radius 3 is 2.72 bits per heavy atom. The SMILES string of the molecule is CC(=CC(=O)O)CNCCOc1ccc(I)cc1. The van der Waals surface area contributed by atoms with Crippen molar-refractivity contribution in [3.63, 3.8) is 0 Å². The molecule has 0 heterocycles. The van der Waals surface area contributed by atoms with Gasteiger partial charge in [-0.2, -0.15) is 0 Å². The zero-order valence-corrected chi connectivity index (χ0v) is 12.3. The molecule has 1 rings (SSSR count). The summed E-state index contributed by atoms with van der Waals surface area (Å²) in [4.78, 5) is 10.4. The van der Waals surface area contributed by atoms with Gasteiger partial charge in [0.25, 0.3) is 0 Å². The Morgan fingerprint density at radius 2 is 2.11 bits per heavy atom. The molecule has 18 heavy (non-hydrogen) atoms. The summed E-state index contributed by atoms with van der Waals surface area (Å²) < 4.78 is 6.70. The molecule has 0 unspecified atom stereocenters. The van der Waals surface area contributed by atoms with Gasteiger partial charge in [0.15, 0.2) is 0 Å². The maximum absolute atomic E-state index is 10.4. The van der Waals surface area contributed by atoms with E-state index in [1.165, 1.54) is 9.65 Å². The molecule has 0 saturated heterocycles. The molecule has 0 aliphatic heterocycles. The minimum atomic E-state index is -0.913. The van der Waals surface area contributed by atoms with E-state index in [0.717, 1.165) is 11.3 Å². The molecular weight excluding hydrogens is 345 g/mol. The molecular formula is C13H16INO3. The van der Waals surface area contributed by atoms with Gasteiger partial charge in [-0.15, -0.1) is 0 Å². The molecule has 0 saturated carbocycles. The first kappa shape index (κ1) is 15.0. The van der Waals surface area contributed by atoms with Crippen LogP contribution in [0.5, 0.6) is 5.75 Å². The molecule has 1 aromatic carbocycles. The Kier molecular flexibility index (Phi) is 6.74. The Labute approximate surface area is 120 Å². The first-order chi connectivity index (χ1) is 8.58. The fraction of sp³-hybridized carbons (Fsp3) is 0.308. The Morgan fingerprint density at radius 1 is 1.44 bits per heavy atom. The van der Waals surface area contributed by atoms with Crippen molar-refractivity contribution in [1.29, 1.82) is 0 Å². The third kappa shape index (κ3) is 6.61. The van der Waals surface area contributed by atoms with Gasteiger partial charge in [0.2, 0.25) is 0 Å². The van der Waals surface area contributed by atoms with Crippen LogP contribution in [-0.4, -0.2) is 30.8 Å². The van der Waals surface area contributed by atoms with Crippen LogP contribution in [0.3, 0.4) is 0 Å². The summed E-state index contributed by atoms with van der Waals surface area (Å²) in [6.45, 7) is 3.57. The summed E-state index contributed by atoms with van der Waals surface area (Å²) in [6, 6.07) is 7.83. The van der Waals surface area contributed by atoms with Crippen LogP contribution in [0.4, 0.5) is 0 Å². The monoisotopic (exact) mass is 361 g/mol. The van der Waals surface area contributed by atoms with Crippen molar-refractivity contribution in [2.24, 2.45) is 0 Å². The van der Waals surface area contributed by atoms with Gasteiger partial charge in [0, 0.05) is 22.7 Å². The fourth-order valence-corrected chi connectivity index (χ4v) is 1.68. The number of hydrogen-bond acceptors (Lipinski definition) is 3. The van der Waals surface area contributed by atoms with Crippen molar-refractivity contribution in [3.8, 4) is 5.75 Å². The predicted molar refractivity (Wildman–Crippen MR) is 78.9 cm³/mol. The van der Waals surface area contributed by atoms with Crippen LogP contribution in [-0.2, 0) is 4.79 Å². The van der Waals surface area contributed by atoms with E-state index in [2.05, 4.69) is 27.9 Å². The molecule has 0 aromatic heterocycles. The number of carboxylic acids is 1. The highest BCUT2D eigenvalue weighted by molar-refractivity contribution is 14.1. The smallest absolute Gasteiger partial charge is 0.328 e. The van der Waals surface area contributed by atoms with Crippen LogP contribution in [0.2, 0.25) is 0 Å². The molecule has 0 bridgehead atoms. The zero-order valence-electron chi connectivity index (χ0n) is 10.1. The quantitative estimate of drug-likeness (QED) is 0.445. The average Bonchev–Trinajstić information content (AvgIpc) is 2.30. The molecule has 0 radical (unpaired) electrons. The van der Waals surface area contributed by atoms with E-state index >= 15 is 0 Å². The zero-order chi connectivity index (χ0) is 13.4. The maximum atomic E-state index is 10.4. The van der Waals surface area contributed by atoms with Crippen molar-refractivity contribution in [1.82, 2.24) is 5.32 Å². The van der Waals surface area contributed by atoms with Gasteiger partial charge < -0.3 is 15.2 Å². The van der Waals surface area contributed by atoms with Crippen LogP contribution in [0.25, 0.3) is 0 Å². The van der Waals surface area contributed by atoms with E-state index in [1.54, 1.807) is 6.92 Å². The van der Waals surface area contributed by atoms with Gasteiger partial charge in [-0.1, -0.05) is 5.57 Å². The van der Waals surface area contributed by atoms with Crippen LogP contribution < -0.4 is 10.1 Å². The average molecular weight is 361 g/mol. The van der Waals surface area contributed by atoms with Crippen molar-refractivity contribution >= 4 is 28.6 Å². The van der Waals surface area contributed by atoms with Gasteiger partial charge in [-0.3, -0.25) is 0 Å². The van der Waals surface area contributed by atoms with E-state index in [4.69, 9.17) is 9.84 Å². The molecule has 0 atom stereocenters. The minimum Gasteiger partial charge on any atom is -0.492 e. The summed E-state index contributed by atoms with van der Waals surface area (Å²) in [5.74, 6) is -0.0699. The van der Waals surface area contributed by atoms with Crippen LogP contribution in [0.1, 0.15) is 6.92 Å². The first-order valence-corrected chi connectivity index (χ1v) is 6.65. The normalized spacial score (nSPS) is 11.3. The van der Waals surface area contributed by atoms with E-state index < -0.39 is 5.97 Å². The van der Waals surface area contributed by atoms with Gasteiger partial charge >= 0.3 is 5.97 Å². The lowest BCUT2D eigenvalue weighted by Gasteiger charge is -2.07. The number of benzene rings is 1. The third-order valence-corrected chi connectivity index (χ3v) is 2.85. The second-order valence-electron chi connectivity index (χ2n) is 3.81. The highest BCUT2D eigenvalue weighted by Crippen LogP contribution is 2.12. The van der Waals surface area contributed by atoms with Crippen LogP contribution in [0, 0.1) is 3.57 Å². The van der Waals surface area contributed by atoms with Crippen molar-refractivity contribution in [2.75, 3.05) is 19.7 Å². The summed E-state index contributed by atoms with van der Waals surface area (Å²) >= 11 is 2.24. The van der Waals surface area contributed by atoms with Crippen molar-refractivity contribution in [2.45, 2.75) is 6.92 Å². The number of carboxylic acid groups (broad SMARTS) is 1. The second kappa shape index (κ2) is 8.10. The number of carbonyl (C=O) groups is 1. The molecule has 0 aliphatic rings. The number of hydrogen-bond donors (Lipinski definition) is 2. The molecule has 4 nitrogen and oxygen atoms in total. The first-order valence-electron chi connectivity index (χ1n) is 5.57. The largest absolute Gasteiger partial charge is 0.492 e. The van der Waals surface area contributed by atoms with Gasteiger partial charge in [0.1, 0.15) is 12.4 Å². The standard InChI is InChI=1S/C13H16INO3/c1-10(8-13(16)17)9-15-6-7-18-12-4-2-11(14)3-5-12/h2-5,8,15H,6-7,9H2,1H3,(H,16,17). The lowest BCUT2D eigenvalue weighted by molar-refractivity contribution is -0.131. The Balaban J connectivity index is 2.16. The number of rotatable bonds is 7. The van der Waals surface area contributed by atoms with E-state index in [1.807, 2.05) is 24.3 Å². The number of ether oxygens (including phenoxy) is 1. The summed E-state index contributed by atoms with van der Waals surface area (Å²) in [7, 11) is 0. The third-order valence-electron chi connectivity index (χ3n) is 2.13. The molecule has 0 amide bonds. The Hall–Kier alpha value is -1.08. The topological polar surface area (TPSA) is 58.6 Å². The lowest BCUT2D eigenvalue weighted by Crippen LogP contribution is -2.23. The van der Waals surface area contributed by atoms with Crippen molar-refractivity contribution in [3.05, 3.63) is 39.5 Å². The molecule has 0 fully saturated rings. The summed E-state index contributed by atoms with van der Waals surface area (Å²) in [5.41, 5.74) is 0.789. The number of nitrogens with one attached hydrogen (secondary N) is 1. The molecule has 0 aliphatic carbocycles. The van der Waals surface area contributed by atoms with Gasteiger partial charge in [0.05, 0.1) is 0 Å². The second-order valence-corrected chi connectivity index (χ2v) is 5.05. The minimum absolute atomic E-state index is 0.556. The molecule has 98 valence electrons. The number of aliphatic carboxylic acids is 1. The Bertz CT molecular complexity index is 415. The predicted octanol–water partition coefficient (Wildman–Crippen LogP) is 2.29. The number of halogens is 1. The highest BCUT2D eigenvalue weighted by atomic mass is 127.